The number of benzene rings is 5. The standard InChI is InChI=1S/C48H16N10/c49-17-27-1-5-33(6-2-27)45-43(25-57)37-15-40-38(16-39(37)47(45)41(23-55)35-11-29(19-51)9-30(12-35)20-52)44(26-58)46(34-7-3-28(18-50)4-8-34)48(40)42(24-56)36-13-31(21-53)10-32(14-36)22-54/h1-16H/b47-41+,48-42+. The second kappa shape index (κ2) is 14.8. The van der Waals surface area contributed by atoms with Gasteiger partial charge >= 0.3 is 0 Å². The van der Waals surface area contributed by atoms with Gasteiger partial charge in [-0.25, -0.2) is 0 Å². The molecule has 0 radical (unpaired) electrons. The molecule has 0 spiro atoms. The Morgan fingerprint density at radius 3 is 0.879 bits per heavy atom. The van der Waals surface area contributed by atoms with Gasteiger partial charge in [0.1, 0.15) is 24.3 Å². The van der Waals surface area contributed by atoms with Crippen molar-refractivity contribution in [3.05, 3.63) is 175 Å². The van der Waals surface area contributed by atoms with Gasteiger partial charge in [0.15, 0.2) is 0 Å². The molecule has 0 heterocycles. The summed E-state index contributed by atoms with van der Waals surface area (Å²) in [6.07, 6.45) is 0. The molecule has 7 rings (SSSR count). The average Bonchev–Trinajstić information content (AvgIpc) is 3.77. The predicted molar refractivity (Wildman–Crippen MR) is 210 cm³/mol. The predicted octanol–water partition coefficient (Wildman–Crippen LogP) is 8.68. The van der Waals surface area contributed by atoms with Crippen LogP contribution in [0.1, 0.15) is 77.9 Å². The van der Waals surface area contributed by atoms with E-state index >= 15 is 0 Å². The Labute approximate surface area is 331 Å². The van der Waals surface area contributed by atoms with Gasteiger partial charge in [-0.2, -0.15) is 52.6 Å². The van der Waals surface area contributed by atoms with Crippen LogP contribution in [0.4, 0.5) is 0 Å². The Morgan fingerprint density at radius 2 is 0.621 bits per heavy atom. The molecule has 0 atom stereocenters. The van der Waals surface area contributed by atoms with Crippen molar-refractivity contribution >= 4 is 44.6 Å². The molecule has 2 aliphatic rings. The fraction of sp³-hybridized carbons (Fsp3) is 0. The zero-order chi connectivity index (χ0) is 41.1. The maximum absolute atomic E-state index is 10.9. The van der Waals surface area contributed by atoms with E-state index in [4.69, 9.17) is 0 Å². The van der Waals surface area contributed by atoms with Crippen LogP contribution >= 0.6 is 0 Å². The van der Waals surface area contributed by atoms with Crippen LogP contribution in [0.2, 0.25) is 0 Å². The van der Waals surface area contributed by atoms with Gasteiger partial charge in [0.2, 0.25) is 0 Å². The van der Waals surface area contributed by atoms with Crippen molar-refractivity contribution < 1.29 is 0 Å². The second-order valence-electron chi connectivity index (χ2n) is 12.8. The summed E-state index contributed by atoms with van der Waals surface area (Å²) >= 11 is 0. The third-order valence-electron chi connectivity index (χ3n) is 9.75. The number of hydrogen-bond acceptors (Lipinski definition) is 10. The molecule has 10 heteroatoms. The summed E-state index contributed by atoms with van der Waals surface area (Å²) in [6.45, 7) is 0. The maximum Gasteiger partial charge on any atom is 0.100 e. The molecular weight excluding hydrogens is 717 g/mol. The lowest BCUT2D eigenvalue weighted by Crippen LogP contribution is -1.97. The fourth-order valence-corrected chi connectivity index (χ4v) is 7.30. The number of hydrogen-bond donors (Lipinski definition) is 0. The van der Waals surface area contributed by atoms with Crippen molar-refractivity contribution in [2.75, 3.05) is 0 Å². The minimum Gasteiger partial charge on any atom is -0.192 e. The molecule has 258 valence electrons. The zero-order valence-electron chi connectivity index (χ0n) is 29.7. The normalized spacial score (nSPS) is 13.6. The van der Waals surface area contributed by atoms with E-state index in [1.54, 1.807) is 60.7 Å². The first-order valence-electron chi connectivity index (χ1n) is 17.0. The monoisotopic (exact) mass is 732 g/mol. The first kappa shape index (κ1) is 36.3. The highest BCUT2D eigenvalue weighted by Crippen LogP contribution is 2.56. The van der Waals surface area contributed by atoms with Crippen molar-refractivity contribution in [3.63, 3.8) is 0 Å². The highest BCUT2D eigenvalue weighted by atomic mass is 14.4. The van der Waals surface area contributed by atoms with Crippen LogP contribution < -0.4 is 0 Å². The Hall–Kier alpha value is -10.0. The third-order valence-corrected chi connectivity index (χ3v) is 9.75. The van der Waals surface area contributed by atoms with Crippen molar-refractivity contribution in [2.45, 2.75) is 0 Å². The van der Waals surface area contributed by atoms with Crippen LogP contribution in [0.25, 0.3) is 44.6 Å². The van der Waals surface area contributed by atoms with E-state index in [0.717, 1.165) is 0 Å². The molecule has 0 fully saturated rings. The molecule has 5 aromatic carbocycles. The van der Waals surface area contributed by atoms with Gasteiger partial charge in [0.25, 0.3) is 0 Å². The van der Waals surface area contributed by atoms with Crippen molar-refractivity contribution in [1.29, 1.82) is 52.6 Å². The van der Waals surface area contributed by atoms with E-state index < -0.39 is 0 Å². The first-order valence-corrected chi connectivity index (χ1v) is 17.0. The van der Waals surface area contributed by atoms with Crippen molar-refractivity contribution in [3.8, 4) is 60.7 Å². The molecule has 10 nitrogen and oxygen atoms in total. The lowest BCUT2D eigenvalue weighted by molar-refractivity contribution is 1.43. The first-order chi connectivity index (χ1) is 28.3. The van der Waals surface area contributed by atoms with E-state index in [9.17, 15) is 52.6 Å². The highest BCUT2D eigenvalue weighted by molar-refractivity contribution is 6.34. The summed E-state index contributed by atoms with van der Waals surface area (Å²) in [6, 6.07) is 46.2. The quantitative estimate of drug-likeness (QED) is 0.159. The third kappa shape index (κ3) is 5.86. The fourth-order valence-electron chi connectivity index (χ4n) is 7.30. The molecule has 0 N–H and O–H groups in total. The minimum absolute atomic E-state index is 0.0260. The molecular formula is C48H16N10. The maximum atomic E-state index is 10.9. The molecule has 2 aliphatic carbocycles. The van der Waals surface area contributed by atoms with Crippen LogP contribution in [0.15, 0.2) is 97.1 Å². The van der Waals surface area contributed by atoms with Gasteiger partial charge in [-0.05, 0) is 106 Å². The van der Waals surface area contributed by atoms with Crippen LogP contribution in [0, 0.1) is 113 Å². The number of allylic oxidation sites excluding steroid dienone is 8. The summed E-state index contributed by atoms with van der Waals surface area (Å²) in [5.41, 5.74) is 5.56. The Bertz CT molecular complexity index is 3010. The summed E-state index contributed by atoms with van der Waals surface area (Å²) in [5.74, 6) is 0. The van der Waals surface area contributed by atoms with Gasteiger partial charge in [-0.1, -0.05) is 24.3 Å². The molecule has 0 aliphatic heterocycles. The zero-order valence-corrected chi connectivity index (χ0v) is 29.7. The Balaban J connectivity index is 1.66. The summed E-state index contributed by atoms with van der Waals surface area (Å²) in [4.78, 5) is 0. The lowest BCUT2D eigenvalue weighted by Gasteiger charge is -2.14. The van der Waals surface area contributed by atoms with Gasteiger partial charge in [0.05, 0.1) is 92.1 Å². The number of nitrogens with zero attached hydrogens (tertiary/aromatic N) is 10. The molecule has 0 bridgehead atoms. The van der Waals surface area contributed by atoms with Gasteiger partial charge in [0, 0.05) is 33.4 Å². The number of rotatable bonds is 4. The van der Waals surface area contributed by atoms with E-state index in [1.165, 1.54) is 36.4 Å². The molecule has 0 unspecified atom stereocenters. The molecule has 0 saturated heterocycles. The SMILES string of the molecule is N#CC1=C(c2ccc(C#N)cc2)/C(=C(\C#N)c2cc(C#N)cc(C#N)c2)c2cc3c(cc21)/C(=C(/C#N)c1cc(C#N)cc(C#N)c1)C(c1ccc(C#N)cc1)=C3C#N. The van der Waals surface area contributed by atoms with Gasteiger partial charge in [-0.15, -0.1) is 0 Å². The van der Waals surface area contributed by atoms with E-state index in [1.807, 2.05) is 24.3 Å². The van der Waals surface area contributed by atoms with Crippen LogP contribution in [0.3, 0.4) is 0 Å². The Morgan fingerprint density at radius 1 is 0.310 bits per heavy atom. The number of nitriles is 10. The largest absolute Gasteiger partial charge is 0.192 e. The average molecular weight is 733 g/mol. The van der Waals surface area contributed by atoms with E-state index in [2.05, 4.69) is 36.4 Å². The summed E-state index contributed by atoms with van der Waals surface area (Å²) < 4.78 is 0. The smallest absolute Gasteiger partial charge is 0.100 e. The minimum atomic E-state index is 0.0260. The van der Waals surface area contributed by atoms with Crippen LogP contribution in [-0.2, 0) is 0 Å². The Kier molecular flexibility index (Phi) is 9.25. The van der Waals surface area contributed by atoms with Crippen LogP contribution in [-0.4, -0.2) is 0 Å². The molecule has 0 aromatic heterocycles. The van der Waals surface area contributed by atoms with Crippen LogP contribution in [0.5, 0.6) is 0 Å². The molecule has 0 amide bonds. The lowest BCUT2D eigenvalue weighted by atomic mass is 9.86. The summed E-state index contributed by atoms with van der Waals surface area (Å²) in [5, 5.41) is 102. The van der Waals surface area contributed by atoms with E-state index in [-0.39, 0.29) is 66.8 Å². The highest BCUT2D eigenvalue weighted by Gasteiger charge is 2.37. The summed E-state index contributed by atoms with van der Waals surface area (Å²) in [7, 11) is 0. The second-order valence-corrected chi connectivity index (χ2v) is 12.8. The molecule has 5 aromatic rings. The van der Waals surface area contributed by atoms with Gasteiger partial charge < -0.3 is 0 Å². The topological polar surface area (TPSA) is 238 Å². The van der Waals surface area contributed by atoms with Gasteiger partial charge in [-0.3, -0.25) is 0 Å². The van der Waals surface area contributed by atoms with Crippen molar-refractivity contribution in [1.82, 2.24) is 0 Å². The number of fused-ring (bicyclic) bond motifs is 2. The van der Waals surface area contributed by atoms with E-state index in [0.29, 0.717) is 55.7 Å². The molecule has 0 saturated carbocycles. The van der Waals surface area contributed by atoms with Crippen molar-refractivity contribution in [2.24, 2.45) is 0 Å². The molecule has 58 heavy (non-hydrogen) atoms.